The van der Waals surface area contributed by atoms with Crippen LogP contribution in [0.3, 0.4) is 0 Å². The van der Waals surface area contributed by atoms with Crippen LogP contribution in [0, 0.1) is 0 Å². The third-order valence-corrected chi connectivity index (χ3v) is 4.78. The van der Waals surface area contributed by atoms with Gasteiger partial charge in [0, 0.05) is 18.7 Å². The summed E-state index contributed by atoms with van der Waals surface area (Å²) in [5.41, 5.74) is 4.06. The SMILES string of the molecule is C[C@H](O)c1onc(-c2ccccc2)c1C(=O)N1CCc2ccccc2C1. The maximum atomic E-state index is 13.3. The van der Waals surface area contributed by atoms with Gasteiger partial charge in [0.2, 0.25) is 0 Å². The van der Waals surface area contributed by atoms with Gasteiger partial charge in [-0.15, -0.1) is 0 Å². The van der Waals surface area contributed by atoms with Gasteiger partial charge < -0.3 is 14.5 Å². The van der Waals surface area contributed by atoms with Gasteiger partial charge in [-0.25, -0.2) is 0 Å². The molecule has 26 heavy (non-hydrogen) atoms. The molecule has 1 aliphatic heterocycles. The van der Waals surface area contributed by atoms with Crippen molar-refractivity contribution in [1.82, 2.24) is 10.1 Å². The quantitative estimate of drug-likeness (QED) is 0.785. The number of aliphatic hydroxyl groups excluding tert-OH is 1. The van der Waals surface area contributed by atoms with E-state index < -0.39 is 6.10 Å². The Morgan fingerprint density at radius 2 is 1.81 bits per heavy atom. The van der Waals surface area contributed by atoms with Crippen LogP contribution in [0.4, 0.5) is 0 Å². The molecule has 1 aromatic heterocycles. The molecule has 1 aliphatic rings. The van der Waals surface area contributed by atoms with Gasteiger partial charge in [0.15, 0.2) is 5.76 Å². The van der Waals surface area contributed by atoms with Gasteiger partial charge in [-0.05, 0) is 24.5 Å². The van der Waals surface area contributed by atoms with Gasteiger partial charge in [-0.3, -0.25) is 4.79 Å². The van der Waals surface area contributed by atoms with E-state index >= 15 is 0 Å². The summed E-state index contributed by atoms with van der Waals surface area (Å²) in [5.74, 6) is 0.0585. The van der Waals surface area contributed by atoms with Crippen molar-refractivity contribution in [3.63, 3.8) is 0 Å². The van der Waals surface area contributed by atoms with E-state index in [1.807, 2.05) is 42.5 Å². The topological polar surface area (TPSA) is 66.6 Å². The number of carbonyl (C=O) groups is 1. The van der Waals surface area contributed by atoms with Crippen LogP contribution in [0.1, 0.15) is 40.3 Å². The Labute approximate surface area is 151 Å². The Morgan fingerprint density at radius 3 is 2.54 bits per heavy atom. The molecule has 0 saturated heterocycles. The number of nitrogens with zero attached hydrogens (tertiary/aromatic N) is 2. The monoisotopic (exact) mass is 348 g/mol. The van der Waals surface area contributed by atoms with E-state index in [-0.39, 0.29) is 11.7 Å². The molecule has 4 rings (SSSR count). The molecule has 5 nitrogen and oxygen atoms in total. The van der Waals surface area contributed by atoms with Crippen molar-refractivity contribution in [2.45, 2.75) is 26.0 Å². The van der Waals surface area contributed by atoms with E-state index in [4.69, 9.17) is 4.52 Å². The number of aliphatic hydroxyl groups is 1. The highest BCUT2D eigenvalue weighted by Crippen LogP contribution is 2.31. The van der Waals surface area contributed by atoms with Gasteiger partial charge in [0.1, 0.15) is 17.4 Å². The highest BCUT2D eigenvalue weighted by atomic mass is 16.5. The number of benzene rings is 2. The number of hydrogen-bond donors (Lipinski definition) is 1. The van der Waals surface area contributed by atoms with Crippen molar-refractivity contribution in [2.75, 3.05) is 6.54 Å². The van der Waals surface area contributed by atoms with Crippen molar-refractivity contribution in [2.24, 2.45) is 0 Å². The lowest BCUT2D eigenvalue weighted by atomic mass is 9.98. The smallest absolute Gasteiger partial charge is 0.260 e. The Bertz CT molecular complexity index is 931. The maximum Gasteiger partial charge on any atom is 0.260 e. The molecule has 0 saturated carbocycles. The molecule has 1 amide bonds. The van der Waals surface area contributed by atoms with Crippen LogP contribution in [0.25, 0.3) is 11.3 Å². The summed E-state index contributed by atoms with van der Waals surface area (Å²) in [5, 5.41) is 14.2. The molecule has 0 fully saturated rings. The molecule has 0 bridgehead atoms. The Morgan fingerprint density at radius 1 is 1.12 bits per heavy atom. The second-order valence-electron chi connectivity index (χ2n) is 6.56. The predicted molar refractivity (Wildman–Crippen MR) is 97.5 cm³/mol. The molecule has 1 atom stereocenters. The third-order valence-electron chi connectivity index (χ3n) is 4.78. The normalized spacial score (nSPS) is 14.8. The van der Waals surface area contributed by atoms with Gasteiger partial charge in [-0.2, -0.15) is 0 Å². The molecule has 1 N–H and O–H groups in total. The minimum atomic E-state index is -0.906. The van der Waals surface area contributed by atoms with Crippen molar-refractivity contribution in [1.29, 1.82) is 0 Å². The van der Waals surface area contributed by atoms with Crippen molar-refractivity contribution in [3.05, 3.63) is 77.0 Å². The fourth-order valence-corrected chi connectivity index (χ4v) is 3.41. The second kappa shape index (κ2) is 6.77. The number of amides is 1. The second-order valence-corrected chi connectivity index (χ2v) is 6.56. The minimum Gasteiger partial charge on any atom is -0.385 e. The summed E-state index contributed by atoms with van der Waals surface area (Å²) in [6.45, 7) is 2.76. The zero-order valence-corrected chi connectivity index (χ0v) is 14.6. The number of aromatic nitrogens is 1. The van der Waals surface area contributed by atoms with Crippen LogP contribution in [-0.4, -0.2) is 27.6 Å². The standard InChI is InChI=1S/C21H20N2O3/c1-14(24)20-18(19(22-26-20)16-8-3-2-4-9-16)21(25)23-12-11-15-7-5-6-10-17(15)13-23/h2-10,14,24H,11-13H2,1H3/t14-/m0/s1. The Hall–Kier alpha value is -2.92. The summed E-state index contributed by atoms with van der Waals surface area (Å²) in [6, 6.07) is 17.6. The first kappa shape index (κ1) is 16.5. The molecule has 3 aromatic rings. The van der Waals surface area contributed by atoms with Gasteiger partial charge in [-0.1, -0.05) is 59.8 Å². The molecule has 2 aromatic carbocycles. The summed E-state index contributed by atoms with van der Waals surface area (Å²) in [7, 11) is 0. The highest BCUT2D eigenvalue weighted by Gasteiger charge is 2.31. The maximum absolute atomic E-state index is 13.3. The summed E-state index contributed by atoms with van der Waals surface area (Å²) in [4.78, 5) is 15.1. The van der Waals surface area contributed by atoms with Crippen LogP contribution in [0.15, 0.2) is 59.1 Å². The molecule has 0 spiro atoms. The first-order chi connectivity index (χ1) is 12.6. The number of carbonyl (C=O) groups excluding carboxylic acids is 1. The van der Waals surface area contributed by atoms with Crippen LogP contribution in [0.2, 0.25) is 0 Å². The first-order valence-corrected chi connectivity index (χ1v) is 8.74. The number of fused-ring (bicyclic) bond motifs is 1. The van der Waals surface area contributed by atoms with Crippen molar-refractivity contribution < 1.29 is 14.4 Å². The predicted octanol–water partition coefficient (Wildman–Crippen LogP) is 3.59. The van der Waals surface area contributed by atoms with E-state index in [2.05, 4.69) is 17.3 Å². The minimum absolute atomic E-state index is 0.157. The highest BCUT2D eigenvalue weighted by molar-refractivity contribution is 6.01. The number of hydrogen-bond acceptors (Lipinski definition) is 4. The van der Waals surface area contributed by atoms with Gasteiger partial charge >= 0.3 is 0 Å². The molecular weight excluding hydrogens is 328 g/mol. The molecule has 0 unspecified atom stereocenters. The van der Waals surface area contributed by atoms with E-state index in [9.17, 15) is 9.90 Å². The fraction of sp³-hybridized carbons (Fsp3) is 0.238. The molecule has 2 heterocycles. The summed E-state index contributed by atoms with van der Waals surface area (Å²) in [6.07, 6.45) is -0.0892. The average Bonchev–Trinajstić information content (AvgIpc) is 3.13. The summed E-state index contributed by atoms with van der Waals surface area (Å²) < 4.78 is 5.35. The van der Waals surface area contributed by atoms with Crippen LogP contribution in [-0.2, 0) is 13.0 Å². The molecule has 132 valence electrons. The molecule has 0 radical (unpaired) electrons. The molecule has 5 heteroatoms. The van der Waals surface area contributed by atoms with E-state index in [0.717, 1.165) is 17.5 Å². The Kier molecular flexibility index (Phi) is 4.31. The van der Waals surface area contributed by atoms with Crippen LogP contribution >= 0.6 is 0 Å². The van der Waals surface area contributed by atoms with Gasteiger partial charge in [0.05, 0.1) is 0 Å². The first-order valence-electron chi connectivity index (χ1n) is 8.74. The van der Waals surface area contributed by atoms with Crippen LogP contribution < -0.4 is 0 Å². The lowest BCUT2D eigenvalue weighted by molar-refractivity contribution is 0.0723. The third kappa shape index (κ3) is 2.91. The van der Waals surface area contributed by atoms with Crippen molar-refractivity contribution >= 4 is 5.91 Å². The van der Waals surface area contributed by atoms with Gasteiger partial charge in [0.25, 0.3) is 5.91 Å². The largest absolute Gasteiger partial charge is 0.385 e. The lowest BCUT2D eigenvalue weighted by Gasteiger charge is -2.29. The van der Waals surface area contributed by atoms with E-state index in [1.165, 1.54) is 5.56 Å². The molecule has 0 aliphatic carbocycles. The van der Waals surface area contributed by atoms with E-state index in [0.29, 0.717) is 24.3 Å². The average molecular weight is 348 g/mol. The summed E-state index contributed by atoms with van der Waals surface area (Å²) >= 11 is 0. The zero-order valence-electron chi connectivity index (χ0n) is 14.6. The van der Waals surface area contributed by atoms with E-state index in [1.54, 1.807) is 11.8 Å². The molecular formula is C21H20N2O3. The zero-order chi connectivity index (χ0) is 18.1. The van der Waals surface area contributed by atoms with Crippen LogP contribution in [0.5, 0.6) is 0 Å². The number of rotatable bonds is 3. The lowest BCUT2D eigenvalue weighted by Crippen LogP contribution is -2.36. The fourth-order valence-electron chi connectivity index (χ4n) is 3.41. The van der Waals surface area contributed by atoms with Crippen molar-refractivity contribution in [3.8, 4) is 11.3 Å². The Balaban J connectivity index is 1.73.